The SMILES string of the molecule is Cc1c(Nc2ccc(N)cc2Cl)nc2c(=Cc3[nH]c(=O)[nH]c3O)cnn2c1=NC1CC1. The Kier molecular flexibility index (Phi) is 4.44. The van der Waals surface area contributed by atoms with Gasteiger partial charge in [-0.3, -0.25) is 9.98 Å². The van der Waals surface area contributed by atoms with Crippen LogP contribution in [0.5, 0.6) is 5.88 Å². The number of fused-ring (bicyclic) bond motifs is 1. The van der Waals surface area contributed by atoms with Gasteiger partial charge in [-0.1, -0.05) is 11.6 Å². The second kappa shape index (κ2) is 7.17. The van der Waals surface area contributed by atoms with Crippen molar-refractivity contribution in [1.82, 2.24) is 24.6 Å². The molecule has 0 saturated heterocycles. The van der Waals surface area contributed by atoms with Crippen LogP contribution in [-0.2, 0) is 0 Å². The maximum atomic E-state index is 11.5. The van der Waals surface area contributed by atoms with E-state index < -0.39 is 5.69 Å². The first-order valence-electron chi connectivity index (χ1n) is 9.66. The van der Waals surface area contributed by atoms with Crippen molar-refractivity contribution in [2.24, 2.45) is 4.99 Å². The molecule has 1 aliphatic carbocycles. The number of aromatic hydroxyl groups is 1. The van der Waals surface area contributed by atoms with Crippen LogP contribution in [0.3, 0.4) is 0 Å². The topological polar surface area (TPSA) is 149 Å². The summed E-state index contributed by atoms with van der Waals surface area (Å²) >= 11 is 6.34. The Morgan fingerprint density at radius 2 is 2.19 bits per heavy atom. The van der Waals surface area contributed by atoms with Crippen LogP contribution in [0.1, 0.15) is 24.1 Å². The molecule has 1 fully saturated rings. The summed E-state index contributed by atoms with van der Waals surface area (Å²) in [6, 6.07) is 5.46. The molecule has 0 unspecified atom stereocenters. The van der Waals surface area contributed by atoms with E-state index in [-0.39, 0.29) is 17.6 Å². The van der Waals surface area contributed by atoms with E-state index in [0.717, 1.165) is 18.4 Å². The van der Waals surface area contributed by atoms with E-state index in [0.29, 0.717) is 38.6 Å². The number of aromatic nitrogens is 5. The largest absolute Gasteiger partial charge is 0.493 e. The zero-order chi connectivity index (χ0) is 21.7. The van der Waals surface area contributed by atoms with Gasteiger partial charge < -0.3 is 21.1 Å². The molecule has 0 amide bonds. The third kappa shape index (κ3) is 3.61. The molecule has 10 nitrogen and oxygen atoms in total. The molecule has 1 aliphatic rings. The van der Waals surface area contributed by atoms with E-state index >= 15 is 0 Å². The lowest BCUT2D eigenvalue weighted by molar-refractivity contribution is 0.454. The second-order valence-corrected chi connectivity index (χ2v) is 7.86. The average molecular weight is 439 g/mol. The molecule has 6 N–H and O–H groups in total. The molecule has 0 atom stereocenters. The molecule has 158 valence electrons. The molecule has 1 aromatic carbocycles. The van der Waals surface area contributed by atoms with Crippen molar-refractivity contribution in [3.05, 3.63) is 61.9 Å². The molecule has 31 heavy (non-hydrogen) atoms. The lowest BCUT2D eigenvalue weighted by atomic mass is 10.2. The van der Waals surface area contributed by atoms with E-state index in [9.17, 15) is 9.90 Å². The van der Waals surface area contributed by atoms with Crippen LogP contribution in [0.4, 0.5) is 17.2 Å². The number of H-pyrrole nitrogens is 2. The molecule has 3 aromatic heterocycles. The summed E-state index contributed by atoms with van der Waals surface area (Å²) in [5, 5.41) is 18.7. The van der Waals surface area contributed by atoms with Crippen molar-refractivity contribution in [1.29, 1.82) is 0 Å². The number of nitrogen functional groups attached to an aromatic ring is 1. The first-order valence-corrected chi connectivity index (χ1v) is 10.0. The molecule has 0 aliphatic heterocycles. The van der Waals surface area contributed by atoms with Gasteiger partial charge in [-0.05, 0) is 44.0 Å². The summed E-state index contributed by atoms with van der Waals surface area (Å²) < 4.78 is 1.66. The summed E-state index contributed by atoms with van der Waals surface area (Å²) in [5.74, 6) is 0.312. The minimum absolute atomic E-state index is 0.235. The zero-order valence-electron chi connectivity index (χ0n) is 16.5. The van der Waals surface area contributed by atoms with Crippen LogP contribution in [0.25, 0.3) is 11.7 Å². The number of nitrogens with two attached hydrogens (primary N) is 1. The summed E-state index contributed by atoms with van der Waals surface area (Å²) in [5.41, 5.74) is 8.77. The zero-order valence-corrected chi connectivity index (χ0v) is 17.2. The molecule has 0 spiro atoms. The predicted octanol–water partition coefficient (Wildman–Crippen LogP) is 1.35. The third-order valence-corrected chi connectivity index (χ3v) is 5.33. The number of halogens is 1. The molecule has 4 aromatic rings. The summed E-state index contributed by atoms with van der Waals surface area (Å²) in [6.07, 6.45) is 5.28. The van der Waals surface area contributed by atoms with Crippen LogP contribution in [0.2, 0.25) is 5.02 Å². The maximum Gasteiger partial charge on any atom is 0.326 e. The van der Waals surface area contributed by atoms with Gasteiger partial charge >= 0.3 is 5.69 Å². The van der Waals surface area contributed by atoms with Gasteiger partial charge in [0.2, 0.25) is 5.88 Å². The Balaban J connectivity index is 1.73. The molecule has 0 radical (unpaired) electrons. The molecule has 1 saturated carbocycles. The van der Waals surface area contributed by atoms with Crippen molar-refractivity contribution in [3.63, 3.8) is 0 Å². The molecule has 5 rings (SSSR count). The fraction of sp³-hybridized carbons (Fsp3) is 0.200. The fourth-order valence-electron chi connectivity index (χ4n) is 3.24. The van der Waals surface area contributed by atoms with Gasteiger partial charge in [0.05, 0.1) is 22.9 Å². The van der Waals surface area contributed by atoms with Gasteiger partial charge in [-0.15, -0.1) is 0 Å². The van der Waals surface area contributed by atoms with Gasteiger partial charge in [0.15, 0.2) is 11.1 Å². The minimum atomic E-state index is -0.506. The normalized spacial score (nSPS) is 15.2. The first-order chi connectivity index (χ1) is 14.9. The molecular formula is C20H19ClN8O2. The monoisotopic (exact) mass is 438 g/mol. The van der Waals surface area contributed by atoms with E-state index in [1.165, 1.54) is 0 Å². The maximum absolute atomic E-state index is 11.5. The Bertz CT molecular complexity index is 1500. The summed E-state index contributed by atoms with van der Waals surface area (Å²) in [4.78, 5) is 25.8. The highest BCUT2D eigenvalue weighted by molar-refractivity contribution is 6.33. The molecule has 11 heteroatoms. The van der Waals surface area contributed by atoms with E-state index in [2.05, 4.69) is 20.4 Å². The van der Waals surface area contributed by atoms with Gasteiger partial charge in [0.1, 0.15) is 11.5 Å². The quantitative estimate of drug-likeness (QED) is 0.303. The fourth-order valence-corrected chi connectivity index (χ4v) is 3.47. The number of nitrogens with one attached hydrogen (secondary N) is 3. The predicted molar refractivity (Wildman–Crippen MR) is 117 cm³/mol. The van der Waals surface area contributed by atoms with Crippen molar-refractivity contribution >= 4 is 40.5 Å². The smallest absolute Gasteiger partial charge is 0.326 e. The lowest BCUT2D eigenvalue weighted by Crippen LogP contribution is -2.24. The highest BCUT2D eigenvalue weighted by Gasteiger charge is 2.21. The van der Waals surface area contributed by atoms with Gasteiger partial charge in [0.25, 0.3) is 0 Å². The highest BCUT2D eigenvalue weighted by Crippen LogP contribution is 2.28. The molecule has 0 bridgehead atoms. The average Bonchev–Trinajstić information content (AvgIpc) is 3.37. The van der Waals surface area contributed by atoms with Crippen molar-refractivity contribution in [2.75, 3.05) is 11.1 Å². The number of aromatic amines is 2. The van der Waals surface area contributed by atoms with Crippen LogP contribution >= 0.6 is 11.6 Å². The third-order valence-electron chi connectivity index (χ3n) is 5.01. The van der Waals surface area contributed by atoms with E-state index in [1.54, 1.807) is 35.0 Å². The molecular weight excluding hydrogens is 420 g/mol. The van der Waals surface area contributed by atoms with Gasteiger partial charge in [-0.2, -0.15) is 9.61 Å². The van der Waals surface area contributed by atoms with Crippen molar-refractivity contribution in [2.45, 2.75) is 25.8 Å². The Morgan fingerprint density at radius 3 is 2.87 bits per heavy atom. The Hall–Kier alpha value is -3.79. The number of anilines is 3. The van der Waals surface area contributed by atoms with Crippen LogP contribution in [-0.4, -0.2) is 35.7 Å². The highest BCUT2D eigenvalue weighted by atomic mass is 35.5. The van der Waals surface area contributed by atoms with Crippen molar-refractivity contribution < 1.29 is 5.11 Å². The number of benzene rings is 1. The minimum Gasteiger partial charge on any atom is -0.493 e. The second-order valence-electron chi connectivity index (χ2n) is 7.45. The lowest BCUT2D eigenvalue weighted by Gasteiger charge is -2.12. The van der Waals surface area contributed by atoms with Crippen LogP contribution in [0.15, 0.2) is 34.2 Å². The van der Waals surface area contributed by atoms with Crippen LogP contribution < -0.4 is 27.4 Å². The summed E-state index contributed by atoms with van der Waals surface area (Å²) in [6.45, 7) is 1.92. The summed E-state index contributed by atoms with van der Waals surface area (Å²) in [7, 11) is 0. The van der Waals surface area contributed by atoms with E-state index in [4.69, 9.17) is 27.3 Å². The van der Waals surface area contributed by atoms with Crippen LogP contribution in [0, 0.1) is 6.92 Å². The van der Waals surface area contributed by atoms with Crippen molar-refractivity contribution in [3.8, 4) is 5.88 Å². The first kappa shape index (κ1) is 19.2. The number of hydrogen-bond donors (Lipinski definition) is 5. The Morgan fingerprint density at radius 1 is 1.39 bits per heavy atom. The number of hydrogen-bond acceptors (Lipinski definition) is 7. The van der Waals surface area contributed by atoms with Gasteiger partial charge in [-0.25, -0.2) is 9.78 Å². The Labute approximate surface area is 180 Å². The van der Waals surface area contributed by atoms with E-state index in [1.807, 2.05) is 6.92 Å². The number of rotatable bonds is 4. The number of imidazole rings is 1. The number of nitrogens with zero attached hydrogens (tertiary/aromatic N) is 4. The van der Waals surface area contributed by atoms with Gasteiger partial charge in [0, 0.05) is 16.5 Å². The standard InChI is InChI=1S/C20H19ClN8O2/c1-9-16(25-14-5-2-11(22)7-13(14)21)27-18-10(6-15-19(30)28-20(31)26-15)8-23-29(18)17(9)24-12-3-4-12/h2,5-8,12,25,30H,3-4,22H2,1H3,(H2,26,28,31). The molecule has 3 heterocycles.